The molecule has 0 saturated heterocycles. The highest BCUT2D eigenvalue weighted by molar-refractivity contribution is 7.44. The first kappa shape index (κ1) is 18.7. The lowest BCUT2D eigenvalue weighted by Gasteiger charge is -2.19. The van der Waals surface area contributed by atoms with Crippen molar-refractivity contribution < 1.29 is 0 Å². The molecule has 0 rings (SSSR count). The lowest BCUT2D eigenvalue weighted by molar-refractivity contribution is 0.658. The maximum atomic E-state index is 6.14. The second kappa shape index (κ2) is 9.55. The Bertz CT molecular complexity index is 270. The molecule has 0 N–H and O–H groups in total. The zero-order valence-electron chi connectivity index (χ0n) is 12.0. The van der Waals surface area contributed by atoms with Crippen LogP contribution >= 0.6 is 22.2 Å². The summed E-state index contributed by atoms with van der Waals surface area (Å²) in [4.78, 5) is 0. The molecular weight excluding hydrogens is 313 g/mol. The number of nitrogens with zero attached hydrogens (tertiary/aromatic N) is 1. The van der Waals surface area contributed by atoms with Crippen molar-refractivity contribution in [2.45, 2.75) is 46.7 Å². The lowest BCUT2D eigenvalue weighted by Crippen LogP contribution is -2.32. The van der Waals surface area contributed by atoms with Crippen LogP contribution in [0, 0.1) is 0 Å². The predicted octanol–water partition coefficient (Wildman–Crippen LogP) is 4.31. The van der Waals surface area contributed by atoms with E-state index in [4.69, 9.17) is 22.2 Å². The van der Waals surface area contributed by atoms with Crippen molar-refractivity contribution in [1.82, 2.24) is 4.23 Å². The molecule has 4 radical (unpaired) electrons. The van der Waals surface area contributed by atoms with E-state index in [2.05, 4.69) is 43.3 Å². The Morgan fingerprint density at radius 2 is 1.50 bits per heavy atom. The normalized spacial score (nSPS) is 11.6. The van der Waals surface area contributed by atoms with Crippen LogP contribution < -0.4 is 0 Å². The SMILES string of the molecule is CC(C)=C[Si]N(CCC[Si](C)(Cl)Cl)[Si]C=C(C)C. The molecule has 0 spiro atoms. The highest BCUT2D eigenvalue weighted by atomic mass is 35.7. The molecule has 0 aliphatic heterocycles. The van der Waals surface area contributed by atoms with Crippen molar-refractivity contribution in [3.8, 4) is 0 Å². The molecule has 0 aromatic heterocycles. The molecule has 0 aromatic carbocycles. The van der Waals surface area contributed by atoms with Gasteiger partial charge in [-0.2, -0.15) is 0 Å². The molecule has 0 unspecified atom stereocenters. The smallest absolute Gasteiger partial charge is 0.248 e. The minimum Gasteiger partial charge on any atom is -0.342 e. The first-order chi connectivity index (χ1) is 8.20. The van der Waals surface area contributed by atoms with Gasteiger partial charge < -0.3 is 4.23 Å². The van der Waals surface area contributed by atoms with Crippen molar-refractivity contribution in [2.75, 3.05) is 6.54 Å². The maximum Gasteiger partial charge on any atom is 0.248 e. The molecule has 18 heavy (non-hydrogen) atoms. The number of hydrogen-bond acceptors (Lipinski definition) is 1. The minimum atomic E-state index is -1.92. The van der Waals surface area contributed by atoms with Gasteiger partial charge in [0.2, 0.25) is 6.69 Å². The molecule has 0 aliphatic rings. The van der Waals surface area contributed by atoms with Gasteiger partial charge in [-0.05, 0) is 53.3 Å². The predicted molar refractivity (Wildman–Crippen MR) is 89.8 cm³/mol. The third kappa shape index (κ3) is 13.1. The Morgan fingerprint density at radius 1 is 1.06 bits per heavy atom. The third-order valence-corrected chi connectivity index (χ3v) is 7.64. The second-order valence-corrected chi connectivity index (χ2v) is 15.9. The van der Waals surface area contributed by atoms with E-state index in [1.807, 2.05) is 6.55 Å². The number of rotatable bonds is 8. The molecule has 0 bridgehead atoms. The van der Waals surface area contributed by atoms with Crippen molar-refractivity contribution in [1.29, 1.82) is 0 Å². The fraction of sp³-hybridized carbons (Fsp3) is 0.667. The highest BCUT2D eigenvalue weighted by Crippen LogP contribution is 2.21. The summed E-state index contributed by atoms with van der Waals surface area (Å²) in [6.07, 6.45) is 1.10. The van der Waals surface area contributed by atoms with Crippen LogP contribution in [0.2, 0.25) is 12.6 Å². The summed E-state index contributed by atoms with van der Waals surface area (Å²) in [6.45, 7) is 9.76. The minimum absolute atomic E-state index is 0.765. The largest absolute Gasteiger partial charge is 0.342 e. The number of allylic oxidation sites excluding steroid dienone is 2. The zero-order valence-corrected chi connectivity index (χ0v) is 16.5. The van der Waals surface area contributed by atoms with Crippen molar-refractivity contribution >= 4 is 48.2 Å². The summed E-state index contributed by atoms with van der Waals surface area (Å²) in [6, 6.07) is 0.977. The molecule has 0 aliphatic carbocycles. The van der Waals surface area contributed by atoms with Crippen LogP contribution in [0.3, 0.4) is 0 Å². The maximum absolute atomic E-state index is 6.14. The number of hydrogen-bond donors (Lipinski definition) is 0. The van der Waals surface area contributed by atoms with Crippen molar-refractivity contribution in [3.05, 3.63) is 22.5 Å². The van der Waals surface area contributed by atoms with Crippen LogP contribution in [0.15, 0.2) is 22.5 Å². The van der Waals surface area contributed by atoms with Crippen LogP contribution in [0.4, 0.5) is 0 Å². The van der Waals surface area contributed by atoms with Gasteiger partial charge >= 0.3 is 0 Å². The van der Waals surface area contributed by atoms with Crippen molar-refractivity contribution in [2.24, 2.45) is 0 Å². The van der Waals surface area contributed by atoms with Crippen LogP contribution in [-0.4, -0.2) is 36.8 Å². The molecule has 0 saturated carbocycles. The molecule has 0 atom stereocenters. The Kier molecular flexibility index (Phi) is 9.91. The van der Waals surface area contributed by atoms with Crippen LogP contribution in [0.1, 0.15) is 34.1 Å². The van der Waals surface area contributed by atoms with Gasteiger partial charge in [-0.15, -0.1) is 22.2 Å². The van der Waals surface area contributed by atoms with Crippen molar-refractivity contribution in [3.63, 3.8) is 0 Å². The van der Waals surface area contributed by atoms with E-state index in [1.54, 1.807) is 0 Å². The van der Waals surface area contributed by atoms with Gasteiger partial charge in [-0.3, -0.25) is 0 Å². The summed E-state index contributed by atoms with van der Waals surface area (Å²) < 4.78 is 2.49. The van der Waals surface area contributed by atoms with Gasteiger partial charge in [0.1, 0.15) is 0 Å². The van der Waals surface area contributed by atoms with Gasteiger partial charge in [0.15, 0.2) is 19.4 Å². The van der Waals surface area contributed by atoms with E-state index >= 15 is 0 Å². The molecule has 0 amide bonds. The van der Waals surface area contributed by atoms with Gasteiger partial charge in [-0.25, -0.2) is 0 Å². The fourth-order valence-corrected chi connectivity index (χ4v) is 4.80. The van der Waals surface area contributed by atoms with E-state index in [0.717, 1.165) is 38.4 Å². The van der Waals surface area contributed by atoms with Crippen LogP contribution in [0.5, 0.6) is 0 Å². The molecule has 0 aromatic rings. The average molecular weight is 336 g/mol. The first-order valence-corrected chi connectivity index (χ1v) is 12.9. The summed E-state index contributed by atoms with van der Waals surface area (Å²) >= 11 is 12.3. The molecule has 0 fully saturated rings. The first-order valence-electron chi connectivity index (χ1n) is 6.15. The summed E-state index contributed by atoms with van der Waals surface area (Å²) in [5, 5.41) is 0. The van der Waals surface area contributed by atoms with E-state index in [1.165, 1.54) is 11.1 Å². The van der Waals surface area contributed by atoms with Gasteiger partial charge in [-0.1, -0.05) is 22.5 Å². The molecule has 1 nitrogen and oxygen atoms in total. The van der Waals surface area contributed by atoms with Gasteiger partial charge in [0.05, 0.1) is 0 Å². The molecule has 0 heterocycles. The highest BCUT2D eigenvalue weighted by Gasteiger charge is 2.20. The molecular formula is C12H23Cl2NSi3. The summed E-state index contributed by atoms with van der Waals surface area (Å²) in [7, 11) is 1.53. The Balaban J connectivity index is 4.21. The van der Waals surface area contributed by atoms with Crippen LogP contribution in [-0.2, 0) is 0 Å². The Morgan fingerprint density at radius 3 is 1.83 bits per heavy atom. The Labute approximate surface area is 128 Å². The second-order valence-electron chi connectivity index (χ2n) is 5.03. The average Bonchev–Trinajstić information content (AvgIpc) is 2.19. The molecule has 102 valence electrons. The quantitative estimate of drug-likeness (QED) is 0.471. The fourth-order valence-electron chi connectivity index (χ4n) is 1.13. The van der Waals surface area contributed by atoms with E-state index in [9.17, 15) is 0 Å². The van der Waals surface area contributed by atoms with Crippen LogP contribution in [0.25, 0.3) is 0 Å². The van der Waals surface area contributed by atoms with Gasteiger partial charge in [0, 0.05) is 0 Å². The topological polar surface area (TPSA) is 3.24 Å². The van der Waals surface area contributed by atoms with E-state index < -0.39 is 6.69 Å². The third-order valence-electron chi connectivity index (χ3n) is 2.02. The molecule has 6 heteroatoms. The monoisotopic (exact) mass is 335 g/mol. The summed E-state index contributed by atoms with van der Waals surface area (Å²) in [5.74, 6) is 0. The number of halogens is 2. The van der Waals surface area contributed by atoms with Gasteiger partial charge in [0.25, 0.3) is 0 Å². The van der Waals surface area contributed by atoms with E-state index in [0.29, 0.717) is 0 Å². The lowest BCUT2D eigenvalue weighted by atomic mass is 10.4. The summed E-state index contributed by atoms with van der Waals surface area (Å²) in [5.41, 5.74) is 7.39. The standard InChI is InChI=1S/C12H23Cl2NSi3/c1-11(2)9-16-15(17-10-12(3)4)7-6-8-18(5,13)14/h9-10H,6-8H2,1-5H3. The van der Waals surface area contributed by atoms with E-state index in [-0.39, 0.29) is 0 Å². The zero-order chi connectivity index (χ0) is 14.2. The Hall–Kier alpha value is 0.671.